The number of benzene rings is 2. The zero-order chi connectivity index (χ0) is 57.4. The first kappa shape index (κ1) is 61.6. The Morgan fingerprint density at radius 1 is 0.734 bits per heavy atom. The van der Waals surface area contributed by atoms with Gasteiger partial charge in [0.05, 0.1) is 12.7 Å². The van der Waals surface area contributed by atoms with E-state index in [1.54, 1.807) is 36.5 Å². The van der Waals surface area contributed by atoms with E-state index in [0.29, 0.717) is 29.7 Å². The molecule has 0 bridgehead atoms. The van der Waals surface area contributed by atoms with E-state index in [-0.39, 0.29) is 70.9 Å². The summed E-state index contributed by atoms with van der Waals surface area (Å²) in [7, 11) is 0. The number of para-hydroxylation sites is 1. The third kappa shape index (κ3) is 20.3. The first-order valence-corrected chi connectivity index (χ1v) is 26.6. The lowest BCUT2D eigenvalue weighted by Crippen LogP contribution is -2.61. The number of carbonyl (C=O) groups excluding carboxylic acids is 10. The molecule has 18 N–H and O–H groups in total. The van der Waals surface area contributed by atoms with Crippen LogP contribution in [0.3, 0.4) is 0 Å². The van der Waals surface area contributed by atoms with Crippen molar-refractivity contribution in [3.63, 3.8) is 0 Å². The lowest BCUT2D eigenvalue weighted by atomic mass is 10.0. The quantitative estimate of drug-likeness (QED) is 0.0371. The summed E-state index contributed by atoms with van der Waals surface area (Å²) in [4.78, 5) is 149. The third-order valence-electron chi connectivity index (χ3n) is 13.2. The molecule has 4 aromatic rings. The molecule has 1 saturated heterocycles. The van der Waals surface area contributed by atoms with Gasteiger partial charge in [0.15, 0.2) is 0 Å². The standard InChI is InChI=1S/C53H76N16O10/c1-4-5-17-38(63-31(3)70)47(74)69-43-26-44(71)58-21-12-11-19-37(45(54)72)64-46(73)30(2)62-49(76)41(24-33-27-60-36-18-10-9-16-35(33)36)67-48(75)39(20-13-22-59-53(55)56)65-50(77)40(23-32-14-7-6-8-15-32)66-51(78)42(68-52(43)79)25-34-28-57-29-61-34/h6-10,14-16,18,27-30,37-43,53,59-60H,4-5,11-13,17,19-26,55-56H2,1-3H3,(H2,54,72)(H,57,61)(H,58,71)(H,62,76)(H,63,70)(H,64,73)(H,65,77)(H,66,78)(H,67,75)(H,68,79)(H,69,74)/t30-,37-,38-,39-,40+,41-,42-,43-/m0/s1. The minimum absolute atomic E-state index is 0.0247. The highest BCUT2D eigenvalue weighted by Gasteiger charge is 2.35. The fourth-order valence-electron chi connectivity index (χ4n) is 8.87. The molecule has 0 unspecified atom stereocenters. The summed E-state index contributed by atoms with van der Waals surface area (Å²) in [5.74, 6) is -7.84. The Hall–Kier alpha value is -8.23. The van der Waals surface area contributed by atoms with Crippen LogP contribution in [-0.2, 0) is 67.2 Å². The van der Waals surface area contributed by atoms with Gasteiger partial charge in [-0.05, 0) is 69.2 Å². The van der Waals surface area contributed by atoms with Gasteiger partial charge >= 0.3 is 0 Å². The highest BCUT2D eigenvalue weighted by molar-refractivity contribution is 5.99. The molecule has 0 radical (unpaired) electrons. The number of hydrogen-bond acceptors (Lipinski definition) is 14. The van der Waals surface area contributed by atoms with E-state index in [2.05, 4.69) is 68.1 Å². The summed E-state index contributed by atoms with van der Waals surface area (Å²) >= 11 is 0. The summed E-state index contributed by atoms with van der Waals surface area (Å²) in [6.07, 6.45) is 4.66. The van der Waals surface area contributed by atoms with E-state index >= 15 is 0 Å². The summed E-state index contributed by atoms with van der Waals surface area (Å²) in [6.45, 7) is 4.74. The minimum atomic E-state index is -1.61. The van der Waals surface area contributed by atoms with E-state index in [4.69, 9.17) is 17.2 Å². The van der Waals surface area contributed by atoms with E-state index < -0.39 is 120 Å². The van der Waals surface area contributed by atoms with Crippen molar-refractivity contribution < 1.29 is 47.9 Å². The van der Waals surface area contributed by atoms with Gasteiger partial charge in [-0.1, -0.05) is 68.3 Å². The Kier molecular flexibility index (Phi) is 24.4. The molecule has 26 nitrogen and oxygen atoms in total. The number of unbranched alkanes of at least 4 members (excludes halogenated alkanes) is 1. The number of nitrogens with zero attached hydrogens (tertiary/aromatic N) is 1. The fourth-order valence-corrected chi connectivity index (χ4v) is 8.87. The number of rotatable bonds is 18. The second kappa shape index (κ2) is 31.2. The van der Waals surface area contributed by atoms with Crippen LogP contribution in [0.5, 0.6) is 0 Å². The zero-order valence-electron chi connectivity index (χ0n) is 44.8. The Bertz CT molecular complexity index is 2700. The van der Waals surface area contributed by atoms with Crippen LogP contribution in [0.2, 0.25) is 0 Å². The number of H-pyrrole nitrogens is 2. The maximum Gasteiger partial charge on any atom is 0.243 e. The molecule has 1 aliphatic rings. The predicted molar refractivity (Wildman–Crippen MR) is 291 cm³/mol. The van der Waals surface area contributed by atoms with E-state index in [9.17, 15) is 47.9 Å². The van der Waals surface area contributed by atoms with Gasteiger partial charge in [0.1, 0.15) is 54.6 Å². The molecule has 0 saturated carbocycles. The monoisotopic (exact) mass is 1100 g/mol. The molecular formula is C53H76N16O10. The van der Waals surface area contributed by atoms with Gasteiger partial charge in [-0.15, -0.1) is 0 Å². The molecule has 2 aromatic heterocycles. The topological polar surface area (TPSA) is 414 Å². The van der Waals surface area contributed by atoms with E-state index in [1.807, 2.05) is 31.2 Å². The summed E-state index contributed by atoms with van der Waals surface area (Å²) < 4.78 is 0. The molecule has 0 spiro atoms. The minimum Gasteiger partial charge on any atom is -0.368 e. The van der Waals surface area contributed by atoms with Crippen molar-refractivity contribution in [3.05, 3.63) is 90.1 Å². The van der Waals surface area contributed by atoms with Crippen molar-refractivity contribution >= 4 is 70.0 Å². The summed E-state index contributed by atoms with van der Waals surface area (Å²) in [6, 6.07) is 5.19. The number of fused-ring (bicyclic) bond motifs is 1. The molecule has 0 aliphatic carbocycles. The molecule has 8 atom stereocenters. The summed E-state index contributed by atoms with van der Waals surface area (Å²) in [5.41, 5.74) is 19.5. The molecule has 26 heteroatoms. The van der Waals surface area contributed by atoms with Crippen molar-refractivity contribution in [1.82, 2.24) is 68.1 Å². The number of nitrogens with one attached hydrogen (secondary N) is 12. The van der Waals surface area contributed by atoms with Crippen LogP contribution in [0, 0.1) is 0 Å². The highest BCUT2D eigenvalue weighted by Crippen LogP contribution is 2.20. The van der Waals surface area contributed by atoms with E-state index in [0.717, 1.165) is 10.9 Å². The van der Waals surface area contributed by atoms with Crippen LogP contribution >= 0.6 is 0 Å². The molecular weight excluding hydrogens is 1020 g/mol. The second-order valence-corrected chi connectivity index (χ2v) is 19.6. The lowest BCUT2D eigenvalue weighted by molar-refractivity contribution is -0.136. The predicted octanol–water partition coefficient (Wildman–Crippen LogP) is -2.23. The van der Waals surface area contributed by atoms with Gasteiger partial charge in [0.2, 0.25) is 59.1 Å². The number of nitrogens with two attached hydrogens (primary N) is 3. The SMILES string of the molecule is CCCC[C@H](NC(C)=O)C(=O)N[C@H]1CC(=O)NCCCC[C@@H](C(N)=O)NC(=O)[C@H](C)NC(=O)[C@H](Cc2c[nH]c3ccccc23)NC(=O)[C@H](CCCNC(N)N)NC(=O)[C@@H](Cc2ccccc2)NC(=O)[C@H](Cc2cnc[nH]2)NC1=O. The van der Waals surface area contributed by atoms with Crippen LogP contribution in [0.25, 0.3) is 10.9 Å². The zero-order valence-corrected chi connectivity index (χ0v) is 44.8. The van der Waals surface area contributed by atoms with Crippen molar-refractivity contribution in [1.29, 1.82) is 0 Å². The van der Waals surface area contributed by atoms with Crippen molar-refractivity contribution in [3.8, 4) is 0 Å². The normalized spacial score (nSPS) is 22.3. The molecule has 1 fully saturated rings. The lowest BCUT2D eigenvalue weighted by Gasteiger charge is -2.28. The number of hydrogen-bond donors (Lipinski definition) is 15. The van der Waals surface area contributed by atoms with Crippen molar-refractivity contribution in [2.24, 2.45) is 17.2 Å². The van der Waals surface area contributed by atoms with Gasteiger partial charge in [-0.25, -0.2) is 4.98 Å². The largest absolute Gasteiger partial charge is 0.368 e. The number of imidazole rings is 1. The first-order valence-electron chi connectivity index (χ1n) is 26.6. The molecule has 79 heavy (non-hydrogen) atoms. The smallest absolute Gasteiger partial charge is 0.243 e. The van der Waals surface area contributed by atoms with Gasteiger partial charge in [-0.3, -0.25) is 53.3 Å². The average Bonchev–Trinajstić information content (AvgIpc) is 4.10. The molecule has 1 aliphatic heterocycles. The van der Waals surface area contributed by atoms with Gasteiger partial charge in [0, 0.05) is 61.7 Å². The van der Waals surface area contributed by atoms with Crippen LogP contribution < -0.4 is 70.4 Å². The molecule has 10 amide bonds. The fraction of sp³-hybridized carbons (Fsp3) is 0.491. The van der Waals surface area contributed by atoms with Gasteiger partial charge in [-0.2, -0.15) is 0 Å². The highest BCUT2D eigenvalue weighted by atomic mass is 16.2. The summed E-state index contributed by atoms with van der Waals surface area (Å²) in [5, 5.41) is 27.7. The third-order valence-corrected chi connectivity index (χ3v) is 13.2. The number of amides is 10. The maximum absolute atomic E-state index is 14.8. The molecule has 428 valence electrons. The van der Waals surface area contributed by atoms with Crippen LogP contribution in [0.1, 0.15) is 95.4 Å². The van der Waals surface area contributed by atoms with Gasteiger partial charge < -0.3 is 75.0 Å². The Balaban J connectivity index is 1.56. The van der Waals surface area contributed by atoms with E-state index in [1.165, 1.54) is 26.4 Å². The van der Waals surface area contributed by atoms with Crippen molar-refractivity contribution in [2.45, 2.75) is 152 Å². The Morgan fingerprint density at radius 2 is 1.38 bits per heavy atom. The number of carbonyl (C=O) groups is 10. The second-order valence-electron chi connectivity index (χ2n) is 19.6. The number of primary amides is 1. The van der Waals surface area contributed by atoms with Crippen LogP contribution in [0.4, 0.5) is 0 Å². The Morgan fingerprint density at radius 3 is 2.05 bits per heavy atom. The molecule has 2 aromatic carbocycles. The van der Waals surface area contributed by atoms with Crippen LogP contribution in [-0.4, -0.2) is 142 Å². The Labute approximate surface area is 457 Å². The van der Waals surface area contributed by atoms with Gasteiger partial charge in [0.25, 0.3) is 0 Å². The number of aromatic amines is 2. The molecule has 3 heterocycles. The maximum atomic E-state index is 14.8. The number of aromatic nitrogens is 3. The first-order chi connectivity index (χ1) is 37.8. The van der Waals surface area contributed by atoms with Crippen molar-refractivity contribution in [2.75, 3.05) is 13.1 Å². The van der Waals surface area contributed by atoms with Crippen LogP contribution in [0.15, 0.2) is 73.3 Å². The average molecular weight is 1100 g/mol. The molecule has 5 rings (SSSR count).